The maximum Gasteiger partial charge on any atom is 0.175 e. The van der Waals surface area contributed by atoms with Gasteiger partial charge in [0, 0.05) is 5.33 Å². The second-order valence-electron chi connectivity index (χ2n) is 3.95. The fourth-order valence-electron chi connectivity index (χ4n) is 1.24. The van der Waals surface area contributed by atoms with Gasteiger partial charge in [-0.3, -0.25) is 0 Å². The number of alkyl halides is 1. The van der Waals surface area contributed by atoms with E-state index in [1.807, 2.05) is 12.1 Å². The molecule has 0 radical (unpaired) electrons. The molecule has 0 N–H and O–H groups in total. The summed E-state index contributed by atoms with van der Waals surface area (Å²) >= 11 is 6.93. The van der Waals surface area contributed by atoms with Crippen LogP contribution in [-0.4, -0.2) is 13.7 Å². The first kappa shape index (κ1) is 13.8. The molecule has 0 aromatic heterocycles. The Balaban J connectivity index is 2.97. The fraction of sp³-hybridized carbons (Fsp3) is 0.500. The first-order valence-electron chi connectivity index (χ1n) is 5.13. The topological polar surface area (TPSA) is 18.5 Å². The predicted molar refractivity (Wildman–Crippen MR) is 73.7 cm³/mol. The van der Waals surface area contributed by atoms with Crippen LogP contribution in [0.2, 0.25) is 0 Å². The van der Waals surface area contributed by atoms with Crippen LogP contribution >= 0.6 is 31.9 Å². The fourth-order valence-corrected chi connectivity index (χ4v) is 2.17. The molecule has 1 aromatic carbocycles. The monoisotopic (exact) mass is 350 g/mol. The smallest absolute Gasteiger partial charge is 0.175 e. The standard InChI is InChI=1S/C12H16Br2O2/c1-8(2)7-16-12-10(14)4-9(6-13)5-11(12)15-3/h4-5,8H,6-7H2,1-3H3. The Hall–Kier alpha value is -0.220. The molecule has 90 valence electrons. The van der Waals surface area contributed by atoms with Crippen molar-refractivity contribution in [1.29, 1.82) is 0 Å². The quantitative estimate of drug-likeness (QED) is 0.732. The number of hydrogen-bond acceptors (Lipinski definition) is 2. The van der Waals surface area contributed by atoms with Crippen molar-refractivity contribution in [3.05, 3.63) is 22.2 Å². The van der Waals surface area contributed by atoms with Crippen molar-refractivity contribution >= 4 is 31.9 Å². The van der Waals surface area contributed by atoms with Crippen LogP contribution in [-0.2, 0) is 5.33 Å². The summed E-state index contributed by atoms with van der Waals surface area (Å²) in [6.07, 6.45) is 0. The summed E-state index contributed by atoms with van der Waals surface area (Å²) in [6, 6.07) is 4.02. The van der Waals surface area contributed by atoms with E-state index in [1.54, 1.807) is 7.11 Å². The van der Waals surface area contributed by atoms with E-state index in [2.05, 4.69) is 45.7 Å². The molecule has 2 nitrogen and oxygen atoms in total. The maximum absolute atomic E-state index is 5.73. The van der Waals surface area contributed by atoms with E-state index in [0.29, 0.717) is 12.5 Å². The van der Waals surface area contributed by atoms with Gasteiger partial charge in [-0.25, -0.2) is 0 Å². The Morgan fingerprint density at radius 1 is 1.31 bits per heavy atom. The number of rotatable bonds is 5. The van der Waals surface area contributed by atoms with Gasteiger partial charge < -0.3 is 9.47 Å². The summed E-state index contributed by atoms with van der Waals surface area (Å²) in [4.78, 5) is 0. The van der Waals surface area contributed by atoms with Crippen LogP contribution < -0.4 is 9.47 Å². The van der Waals surface area contributed by atoms with Crippen LogP contribution in [0.3, 0.4) is 0 Å². The van der Waals surface area contributed by atoms with Gasteiger partial charge in [-0.1, -0.05) is 29.8 Å². The van der Waals surface area contributed by atoms with Crippen LogP contribution in [0, 0.1) is 5.92 Å². The van der Waals surface area contributed by atoms with E-state index < -0.39 is 0 Å². The summed E-state index contributed by atoms with van der Waals surface area (Å²) in [5.74, 6) is 2.04. The molecule has 16 heavy (non-hydrogen) atoms. The predicted octanol–water partition coefficient (Wildman–Crippen LogP) is 4.39. The minimum atomic E-state index is 0.493. The minimum absolute atomic E-state index is 0.493. The lowest BCUT2D eigenvalue weighted by Crippen LogP contribution is -2.06. The van der Waals surface area contributed by atoms with Gasteiger partial charge >= 0.3 is 0 Å². The number of benzene rings is 1. The molecule has 0 saturated heterocycles. The second kappa shape index (κ2) is 6.50. The van der Waals surface area contributed by atoms with Crippen molar-refractivity contribution in [3.63, 3.8) is 0 Å². The Morgan fingerprint density at radius 2 is 2.00 bits per heavy atom. The third kappa shape index (κ3) is 3.67. The molecule has 0 unspecified atom stereocenters. The first-order chi connectivity index (χ1) is 7.58. The zero-order chi connectivity index (χ0) is 12.1. The van der Waals surface area contributed by atoms with Crippen molar-refractivity contribution in [2.45, 2.75) is 19.2 Å². The second-order valence-corrected chi connectivity index (χ2v) is 5.36. The SMILES string of the molecule is COc1cc(CBr)cc(Br)c1OCC(C)C. The molecule has 0 heterocycles. The largest absolute Gasteiger partial charge is 0.493 e. The summed E-state index contributed by atoms with van der Waals surface area (Å²) in [5, 5.41) is 0.798. The van der Waals surface area contributed by atoms with Crippen LogP contribution in [0.5, 0.6) is 11.5 Å². The number of halogens is 2. The van der Waals surface area contributed by atoms with E-state index >= 15 is 0 Å². The summed E-state index contributed by atoms with van der Waals surface area (Å²) in [5.41, 5.74) is 1.15. The first-order valence-corrected chi connectivity index (χ1v) is 7.05. The Labute approximate surface area is 114 Å². The third-order valence-corrected chi connectivity index (χ3v) is 3.24. The van der Waals surface area contributed by atoms with Gasteiger partial charge in [0.05, 0.1) is 18.2 Å². The zero-order valence-electron chi connectivity index (χ0n) is 9.72. The molecular formula is C12H16Br2O2. The Morgan fingerprint density at radius 3 is 2.50 bits per heavy atom. The molecular weight excluding hydrogens is 336 g/mol. The molecule has 0 aliphatic carbocycles. The van der Waals surface area contributed by atoms with E-state index in [1.165, 1.54) is 0 Å². The molecule has 0 bridgehead atoms. The zero-order valence-corrected chi connectivity index (χ0v) is 12.9. The van der Waals surface area contributed by atoms with Gasteiger partial charge in [-0.15, -0.1) is 0 Å². The van der Waals surface area contributed by atoms with E-state index in [4.69, 9.17) is 9.47 Å². The maximum atomic E-state index is 5.73. The highest BCUT2D eigenvalue weighted by Gasteiger charge is 2.11. The van der Waals surface area contributed by atoms with Gasteiger partial charge in [0.2, 0.25) is 0 Å². The van der Waals surface area contributed by atoms with Gasteiger partial charge in [-0.2, -0.15) is 0 Å². The van der Waals surface area contributed by atoms with Crippen LogP contribution in [0.4, 0.5) is 0 Å². The van der Waals surface area contributed by atoms with E-state index in [0.717, 1.165) is 26.9 Å². The summed E-state index contributed by atoms with van der Waals surface area (Å²) < 4.78 is 12.0. The molecule has 1 aromatic rings. The average molecular weight is 352 g/mol. The van der Waals surface area contributed by atoms with Crippen LogP contribution in [0.25, 0.3) is 0 Å². The molecule has 0 atom stereocenters. The summed E-state index contributed by atoms with van der Waals surface area (Å²) in [7, 11) is 1.65. The normalized spacial score (nSPS) is 10.6. The van der Waals surface area contributed by atoms with Gasteiger partial charge in [0.25, 0.3) is 0 Å². The lowest BCUT2D eigenvalue weighted by molar-refractivity contribution is 0.255. The average Bonchev–Trinajstić information content (AvgIpc) is 2.26. The lowest BCUT2D eigenvalue weighted by Gasteiger charge is -2.15. The van der Waals surface area contributed by atoms with Crippen LogP contribution in [0.15, 0.2) is 16.6 Å². The molecule has 4 heteroatoms. The molecule has 0 aliphatic heterocycles. The molecule has 0 amide bonds. The van der Waals surface area contributed by atoms with Crippen molar-refractivity contribution in [2.75, 3.05) is 13.7 Å². The van der Waals surface area contributed by atoms with Crippen molar-refractivity contribution in [2.24, 2.45) is 5.92 Å². The van der Waals surface area contributed by atoms with Gasteiger partial charge in [0.15, 0.2) is 11.5 Å². The molecule has 0 fully saturated rings. The highest BCUT2D eigenvalue weighted by atomic mass is 79.9. The van der Waals surface area contributed by atoms with Crippen molar-refractivity contribution < 1.29 is 9.47 Å². The lowest BCUT2D eigenvalue weighted by atomic mass is 10.2. The third-order valence-electron chi connectivity index (χ3n) is 2.00. The van der Waals surface area contributed by atoms with Crippen molar-refractivity contribution in [3.8, 4) is 11.5 Å². The molecule has 0 aliphatic rings. The van der Waals surface area contributed by atoms with E-state index in [-0.39, 0.29) is 0 Å². The van der Waals surface area contributed by atoms with Gasteiger partial charge in [-0.05, 0) is 39.5 Å². The molecule has 1 rings (SSSR count). The number of ether oxygens (including phenoxy) is 2. The molecule has 0 spiro atoms. The van der Waals surface area contributed by atoms with Crippen LogP contribution in [0.1, 0.15) is 19.4 Å². The Bertz CT molecular complexity index is 351. The highest BCUT2D eigenvalue weighted by Crippen LogP contribution is 2.37. The summed E-state index contributed by atoms with van der Waals surface area (Å²) in [6.45, 7) is 4.92. The van der Waals surface area contributed by atoms with Crippen molar-refractivity contribution in [1.82, 2.24) is 0 Å². The number of hydrogen-bond donors (Lipinski definition) is 0. The van der Waals surface area contributed by atoms with E-state index in [9.17, 15) is 0 Å². The minimum Gasteiger partial charge on any atom is -0.493 e. The highest BCUT2D eigenvalue weighted by molar-refractivity contribution is 9.10. The molecule has 0 saturated carbocycles. The Kier molecular flexibility index (Phi) is 5.62. The van der Waals surface area contributed by atoms with Gasteiger partial charge in [0.1, 0.15) is 0 Å². The number of methoxy groups -OCH3 is 1.